The van der Waals surface area contributed by atoms with Crippen LogP contribution in [0.5, 0.6) is 5.75 Å². The highest BCUT2D eigenvalue weighted by Gasteiger charge is 2.10. The van der Waals surface area contributed by atoms with Crippen LogP contribution in [0.3, 0.4) is 0 Å². The predicted octanol–water partition coefficient (Wildman–Crippen LogP) is 2.98. The zero-order valence-electron chi connectivity index (χ0n) is 11.2. The molecule has 4 nitrogen and oxygen atoms in total. The van der Waals surface area contributed by atoms with E-state index in [2.05, 4.69) is 10.5 Å². The molecule has 0 fully saturated rings. The quantitative estimate of drug-likeness (QED) is 0.901. The van der Waals surface area contributed by atoms with Gasteiger partial charge in [-0.15, -0.1) is 0 Å². The average molecular weight is 264 g/mol. The molecule has 0 aliphatic rings. The minimum absolute atomic E-state index is 0.00538. The van der Waals surface area contributed by atoms with Crippen LogP contribution in [-0.2, 0) is 6.54 Å². The van der Waals surface area contributed by atoms with Crippen LogP contribution in [0.25, 0.3) is 0 Å². The first kappa shape index (κ1) is 13.5. The van der Waals surface area contributed by atoms with Crippen molar-refractivity contribution in [2.24, 2.45) is 0 Å². The molecule has 0 aliphatic heterocycles. The number of benzene rings is 1. The Morgan fingerprint density at radius 1 is 1.42 bits per heavy atom. The fourth-order valence-electron chi connectivity index (χ4n) is 1.82. The molecule has 0 aliphatic carbocycles. The van der Waals surface area contributed by atoms with Crippen LogP contribution in [-0.4, -0.2) is 12.3 Å². The summed E-state index contributed by atoms with van der Waals surface area (Å²) >= 11 is 0. The molecule has 2 aromatic rings. The molecule has 1 heterocycles. The number of ether oxygens (including phenoxy) is 1. The summed E-state index contributed by atoms with van der Waals surface area (Å²) in [6.45, 7) is 4.38. The standard InChI is InChI=1S/C14H17FN2O2/c1-9-6-12(19-17-9)8-16-10(2)11-4-5-14(18-3)13(15)7-11/h4-7,10,16H,8H2,1-3H3. The number of hydrogen-bond acceptors (Lipinski definition) is 4. The van der Waals surface area contributed by atoms with E-state index in [4.69, 9.17) is 9.26 Å². The fraction of sp³-hybridized carbons (Fsp3) is 0.357. The summed E-state index contributed by atoms with van der Waals surface area (Å²) in [5.41, 5.74) is 1.70. The van der Waals surface area contributed by atoms with E-state index in [0.29, 0.717) is 6.54 Å². The normalized spacial score (nSPS) is 12.4. The lowest BCUT2D eigenvalue weighted by molar-refractivity contribution is 0.362. The van der Waals surface area contributed by atoms with E-state index in [9.17, 15) is 4.39 Å². The van der Waals surface area contributed by atoms with Gasteiger partial charge in [0.05, 0.1) is 19.3 Å². The summed E-state index contributed by atoms with van der Waals surface area (Å²) < 4.78 is 23.6. The minimum Gasteiger partial charge on any atom is -0.494 e. The van der Waals surface area contributed by atoms with Gasteiger partial charge in [-0.25, -0.2) is 4.39 Å². The number of nitrogens with one attached hydrogen (secondary N) is 1. The molecular formula is C14H17FN2O2. The molecule has 1 aromatic carbocycles. The summed E-state index contributed by atoms with van der Waals surface area (Å²) in [5, 5.41) is 7.06. The molecule has 5 heteroatoms. The van der Waals surface area contributed by atoms with E-state index in [0.717, 1.165) is 17.0 Å². The Hall–Kier alpha value is -1.88. The van der Waals surface area contributed by atoms with Gasteiger partial charge in [0.15, 0.2) is 17.3 Å². The van der Waals surface area contributed by atoms with Crippen LogP contribution >= 0.6 is 0 Å². The van der Waals surface area contributed by atoms with Crippen molar-refractivity contribution in [1.29, 1.82) is 0 Å². The fourth-order valence-corrected chi connectivity index (χ4v) is 1.82. The van der Waals surface area contributed by atoms with Gasteiger partial charge in [0.2, 0.25) is 0 Å². The third-order valence-electron chi connectivity index (χ3n) is 2.94. The van der Waals surface area contributed by atoms with Gasteiger partial charge in [0.1, 0.15) is 0 Å². The van der Waals surface area contributed by atoms with Crippen molar-refractivity contribution in [1.82, 2.24) is 10.5 Å². The van der Waals surface area contributed by atoms with Crippen molar-refractivity contribution in [3.05, 3.63) is 47.1 Å². The lowest BCUT2D eigenvalue weighted by Crippen LogP contribution is -2.17. The zero-order chi connectivity index (χ0) is 13.8. The largest absolute Gasteiger partial charge is 0.494 e. The maximum absolute atomic E-state index is 13.6. The molecule has 1 unspecified atom stereocenters. The molecule has 0 amide bonds. The first-order chi connectivity index (χ1) is 9.10. The second-order valence-electron chi connectivity index (χ2n) is 4.43. The van der Waals surface area contributed by atoms with Crippen molar-refractivity contribution >= 4 is 0 Å². The van der Waals surface area contributed by atoms with Crippen molar-refractivity contribution in [2.75, 3.05) is 7.11 Å². The maximum atomic E-state index is 13.6. The van der Waals surface area contributed by atoms with Crippen molar-refractivity contribution < 1.29 is 13.7 Å². The molecule has 0 saturated heterocycles. The smallest absolute Gasteiger partial charge is 0.165 e. The number of aromatic nitrogens is 1. The molecule has 1 aromatic heterocycles. The van der Waals surface area contributed by atoms with Crippen LogP contribution in [0.15, 0.2) is 28.8 Å². The first-order valence-corrected chi connectivity index (χ1v) is 6.09. The van der Waals surface area contributed by atoms with E-state index in [1.165, 1.54) is 13.2 Å². The zero-order valence-corrected chi connectivity index (χ0v) is 11.2. The predicted molar refractivity (Wildman–Crippen MR) is 69.4 cm³/mol. The van der Waals surface area contributed by atoms with Crippen molar-refractivity contribution in [3.63, 3.8) is 0 Å². The SMILES string of the molecule is COc1ccc(C(C)NCc2cc(C)no2)cc1F. The summed E-state index contributed by atoms with van der Waals surface area (Å²) in [4.78, 5) is 0. The van der Waals surface area contributed by atoms with Gasteiger partial charge in [-0.05, 0) is 31.5 Å². The number of aryl methyl sites for hydroxylation is 1. The van der Waals surface area contributed by atoms with Gasteiger partial charge in [-0.2, -0.15) is 0 Å². The third kappa shape index (κ3) is 3.32. The summed E-state index contributed by atoms with van der Waals surface area (Å²) in [5.74, 6) is 0.657. The number of halogens is 1. The Morgan fingerprint density at radius 2 is 2.21 bits per heavy atom. The molecule has 0 saturated carbocycles. The Kier molecular flexibility index (Phi) is 4.16. The molecule has 2 rings (SSSR count). The second kappa shape index (κ2) is 5.84. The molecule has 0 bridgehead atoms. The van der Waals surface area contributed by atoms with Gasteiger partial charge in [0.25, 0.3) is 0 Å². The minimum atomic E-state index is -0.357. The Balaban J connectivity index is 1.99. The van der Waals surface area contributed by atoms with Gasteiger partial charge in [-0.1, -0.05) is 11.2 Å². The van der Waals surface area contributed by atoms with Gasteiger partial charge in [0, 0.05) is 12.1 Å². The van der Waals surface area contributed by atoms with E-state index < -0.39 is 0 Å². The van der Waals surface area contributed by atoms with Gasteiger partial charge >= 0.3 is 0 Å². The number of rotatable bonds is 5. The van der Waals surface area contributed by atoms with Crippen LogP contribution in [0, 0.1) is 12.7 Å². The summed E-state index contributed by atoms with van der Waals surface area (Å²) in [7, 11) is 1.45. The summed E-state index contributed by atoms with van der Waals surface area (Å²) in [6.07, 6.45) is 0. The van der Waals surface area contributed by atoms with E-state index in [1.54, 1.807) is 6.07 Å². The number of nitrogens with zero attached hydrogens (tertiary/aromatic N) is 1. The van der Waals surface area contributed by atoms with Crippen molar-refractivity contribution in [3.8, 4) is 5.75 Å². The monoisotopic (exact) mass is 264 g/mol. The Morgan fingerprint density at radius 3 is 2.79 bits per heavy atom. The second-order valence-corrected chi connectivity index (χ2v) is 4.43. The van der Waals surface area contributed by atoms with E-state index in [-0.39, 0.29) is 17.6 Å². The van der Waals surface area contributed by atoms with Crippen molar-refractivity contribution in [2.45, 2.75) is 26.4 Å². The third-order valence-corrected chi connectivity index (χ3v) is 2.94. The van der Waals surface area contributed by atoms with Crippen LogP contribution in [0.1, 0.15) is 30.0 Å². The van der Waals surface area contributed by atoms with E-state index >= 15 is 0 Å². The van der Waals surface area contributed by atoms with Gasteiger partial charge < -0.3 is 14.6 Å². The molecule has 1 N–H and O–H groups in total. The first-order valence-electron chi connectivity index (χ1n) is 6.09. The number of methoxy groups -OCH3 is 1. The lowest BCUT2D eigenvalue weighted by Gasteiger charge is -2.14. The lowest BCUT2D eigenvalue weighted by atomic mass is 10.1. The number of hydrogen-bond donors (Lipinski definition) is 1. The van der Waals surface area contributed by atoms with E-state index in [1.807, 2.05) is 26.0 Å². The molecule has 0 spiro atoms. The average Bonchev–Trinajstić information content (AvgIpc) is 2.81. The van der Waals surface area contributed by atoms with Crippen LogP contribution < -0.4 is 10.1 Å². The molecule has 0 radical (unpaired) electrons. The topological polar surface area (TPSA) is 47.3 Å². The molecular weight excluding hydrogens is 247 g/mol. The Bertz CT molecular complexity index is 554. The Labute approximate surface area is 111 Å². The highest BCUT2D eigenvalue weighted by molar-refractivity contribution is 5.30. The van der Waals surface area contributed by atoms with Gasteiger partial charge in [-0.3, -0.25) is 0 Å². The summed E-state index contributed by atoms with van der Waals surface area (Å²) in [6, 6.07) is 6.81. The van der Waals surface area contributed by atoms with Crippen LogP contribution in [0.4, 0.5) is 4.39 Å². The highest BCUT2D eigenvalue weighted by Crippen LogP contribution is 2.21. The van der Waals surface area contributed by atoms with Crippen LogP contribution in [0.2, 0.25) is 0 Å². The molecule has 102 valence electrons. The molecule has 1 atom stereocenters. The maximum Gasteiger partial charge on any atom is 0.165 e. The molecule has 19 heavy (non-hydrogen) atoms. The highest BCUT2D eigenvalue weighted by atomic mass is 19.1.